The Morgan fingerprint density at radius 3 is 2.70 bits per heavy atom. The van der Waals surface area contributed by atoms with Gasteiger partial charge in [-0.25, -0.2) is 4.98 Å². The summed E-state index contributed by atoms with van der Waals surface area (Å²) >= 11 is 1.76. The molecular weight excluding hydrogens is 270 g/mol. The number of hydrogen-bond acceptors (Lipinski definition) is 4. The van der Waals surface area contributed by atoms with Crippen LogP contribution in [0.2, 0.25) is 0 Å². The van der Waals surface area contributed by atoms with Crippen molar-refractivity contribution in [2.75, 3.05) is 24.4 Å². The Kier molecular flexibility index (Phi) is 6.85. The van der Waals surface area contributed by atoms with E-state index in [1.165, 1.54) is 0 Å². The molecule has 0 aromatic carbocycles. The van der Waals surface area contributed by atoms with Gasteiger partial charge < -0.3 is 10.2 Å². The molecule has 0 aliphatic rings. The summed E-state index contributed by atoms with van der Waals surface area (Å²) < 4.78 is 0. The van der Waals surface area contributed by atoms with Gasteiger partial charge in [0.25, 0.3) is 5.91 Å². The van der Waals surface area contributed by atoms with Gasteiger partial charge in [0.1, 0.15) is 11.5 Å². The van der Waals surface area contributed by atoms with Crippen LogP contribution in [0.4, 0.5) is 5.82 Å². The molecule has 0 aliphatic heterocycles. The van der Waals surface area contributed by atoms with Crippen LogP contribution in [0.1, 0.15) is 37.7 Å². The molecule has 1 aromatic heterocycles. The normalized spacial score (nSPS) is 12.3. The van der Waals surface area contributed by atoms with Crippen molar-refractivity contribution in [2.45, 2.75) is 39.3 Å². The van der Waals surface area contributed by atoms with Gasteiger partial charge in [0, 0.05) is 24.9 Å². The minimum Gasteiger partial charge on any atom is -0.368 e. The van der Waals surface area contributed by atoms with Gasteiger partial charge in [-0.3, -0.25) is 4.79 Å². The van der Waals surface area contributed by atoms with Gasteiger partial charge in [-0.2, -0.15) is 11.8 Å². The number of rotatable bonds is 7. The first-order valence-electron chi connectivity index (χ1n) is 6.99. The molecule has 0 radical (unpaired) electrons. The number of thioether (sulfide) groups is 1. The maximum absolute atomic E-state index is 12.5. The largest absolute Gasteiger partial charge is 0.368 e. The zero-order valence-corrected chi connectivity index (χ0v) is 13.8. The zero-order chi connectivity index (χ0) is 15.1. The molecule has 1 heterocycles. The van der Waals surface area contributed by atoms with E-state index >= 15 is 0 Å². The smallest absolute Gasteiger partial charge is 0.272 e. The van der Waals surface area contributed by atoms with E-state index in [-0.39, 0.29) is 11.9 Å². The van der Waals surface area contributed by atoms with E-state index in [9.17, 15) is 4.79 Å². The van der Waals surface area contributed by atoms with Crippen LogP contribution in [0.5, 0.6) is 0 Å². The van der Waals surface area contributed by atoms with Crippen LogP contribution in [0.15, 0.2) is 18.2 Å². The number of pyridine rings is 1. The summed E-state index contributed by atoms with van der Waals surface area (Å²) in [5.41, 5.74) is 0.498. The molecule has 1 unspecified atom stereocenters. The molecule has 0 saturated carbocycles. The topological polar surface area (TPSA) is 45.2 Å². The molecule has 0 saturated heterocycles. The van der Waals surface area contributed by atoms with Crippen molar-refractivity contribution in [1.82, 2.24) is 9.88 Å². The van der Waals surface area contributed by atoms with Crippen LogP contribution in [-0.4, -0.2) is 46.9 Å². The third-order valence-electron chi connectivity index (χ3n) is 3.10. The van der Waals surface area contributed by atoms with Crippen molar-refractivity contribution in [3.63, 3.8) is 0 Å². The van der Waals surface area contributed by atoms with Crippen LogP contribution in [-0.2, 0) is 0 Å². The SMILES string of the molecule is CCC(CSC)N(C)C(=O)c1cccc(NC(C)C)n1. The van der Waals surface area contributed by atoms with Crippen molar-refractivity contribution in [1.29, 1.82) is 0 Å². The Bertz CT molecular complexity index is 437. The van der Waals surface area contributed by atoms with Crippen molar-refractivity contribution in [2.24, 2.45) is 0 Å². The first kappa shape index (κ1) is 16.8. The number of anilines is 1. The van der Waals surface area contributed by atoms with Gasteiger partial charge in [-0.05, 0) is 38.7 Å². The molecule has 0 aliphatic carbocycles. The molecule has 1 aromatic rings. The Morgan fingerprint density at radius 2 is 2.15 bits per heavy atom. The summed E-state index contributed by atoms with van der Waals surface area (Å²) in [6.07, 6.45) is 3.01. The van der Waals surface area contributed by atoms with E-state index in [1.54, 1.807) is 22.7 Å². The standard InChI is InChI=1S/C15H25N3OS/c1-6-12(10-20-5)18(4)15(19)13-8-7-9-14(17-13)16-11(2)3/h7-9,11-12H,6,10H2,1-5H3,(H,16,17). The fourth-order valence-electron chi connectivity index (χ4n) is 1.97. The molecule has 1 amide bonds. The summed E-state index contributed by atoms with van der Waals surface area (Å²) in [4.78, 5) is 18.7. The number of carbonyl (C=O) groups excluding carboxylic acids is 1. The zero-order valence-electron chi connectivity index (χ0n) is 13.0. The number of hydrogen-bond donors (Lipinski definition) is 1. The molecule has 1 atom stereocenters. The fraction of sp³-hybridized carbons (Fsp3) is 0.600. The summed E-state index contributed by atoms with van der Waals surface area (Å²) in [5, 5.41) is 3.22. The van der Waals surface area contributed by atoms with Crippen LogP contribution in [0.3, 0.4) is 0 Å². The second-order valence-electron chi connectivity index (χ2n) is 5.14. The molecule has 0 fully saturated rings. The highest BCUT2D eigenvalue weighted by Crippen LogP contribution is 2.13. The Balaban J connectivity index is 2.85. The molecule has 0 bridgehead atoms. The number of aromatic nitrogens is 1. The number of nitrogens with zero attached hydrogens (tertiary/aromatic N) is 2. The second kappa shape index (κ2) is 8.15. The lowest BCUT2D eigenvalue weighted by Gasteiger charge is -2.26. The summed E-state index contributed by atoms with van der Waals surface area (Å²) in [7, 11) is 1.86. The van der Waals surface area contributed by atoms with Crippen LogP contribution in [0.25, 0.3) is 0 Å². The van der Waals surface area contributed by atoms with Crippen molar-refractivity contribution >= 4 is 23.5 Å². The molecule has 20 heavy (non-hydrogen) atoms. The first-order chi connectivity index (χ1) is 9.49. The highest BCUT2D eigenvalue weighted by molar-refractivity contribution is 7.98. The highest BCUT2D eigenvalue weighted by atomic mass is 32.2. The molecule has 112 valence electrons. The maximum atomic E-state index is 12.5. The van der Waals surface area contributed by atoms with E-state index < -0.39 is 0 Å². The number of amides is 1. The highest BCUT2D eigenvalue weighted by Gasteiger charge is 2.20. The van der Waals surface area contributed by atoms with Crippen LogP contribution in [0, 0.1) is 0 Å². The lowest BCUT2D eigenvalue weighted by atomic mass is 10.2. The Morgan fingerprint density at radius 1 is 1.45 bits per heavy atom. The molecule has 5 heteroatoms. The van der Waals surface area contributed by atoms with Gasteiger partial charge in [-0.1, -0.05) is 13.0 Å². The Labute approximate surface area is 126 Å². The summed E-state index contributed by atoms with van der Waals surface area (Å²) in [5.74, 6) is 1.68. The van der Waals surface area contributed by atoms with Crippen LogP contribution >= 0.6 is 11.8 Å². The number of nitrogens with one attached hydrogen (secondary N) is 1. The fourth-order valence-corrected chi connectivity index (χ4v) is 2.82. The predicted molar refractivity (Wildman–Crippen MR) is 87.6 cm³/mol. The van der Waals surface area contributed by atoms with Crippen LogP contribution < -0.4 is 5.32 Å². The van der Waals surface area contributed by atoms with Crippen molar-refractivity contribution in [3.05, 3.63) is 23.9 Å². The van der Waals surface area contributed by atoms with Gasteiger partial charge in [-0.15, -0.1) is 0 Å². The first-order valence-corrected chi connectivity index (χ1v) is 8.38. The summed E-state index contributed by atoms with van der Waals surface area (Å²) in [6, 6.07) is 6.08. The van der Waals surface area contributed by atoms with E-state index in [4.69, 9.17) is 0 Å². The van der Waals surface area contributed by atoms with E-state index in [2.05, 4.69) is 23.5 Å². The van der Waals surface area contributed by atoms with Gasteiger partial charge in [0.05, 0.1) is 0 Å². The van der Waals surface area contributed by atoms with E-state index in [0.29, 0.717) is 11.7 Å². The maximum Gasteiger partial charge on any atom is 0.272 e. The minimum atomic E-state index is -0.0155. The molecule has 1 N–H and O–H groups in total. The van der Waals surface area contributed by atoms with E-state index in [1.807, 2.05) is 33.0 Å². The third-order valence-corrected chi connectivity index (χ3v) is 3.82. The lowest BCUT2D eigenvalue weighted by molar-refractivity contribution is 0.0738. The molecule has 0 spiro atoms. The summed E-state index contributed by atoms with van der Waals surface area (Å²) in [6.45, 7) is 6.20. The minimum absolute atomic E-state index is 0.0155. The third kappa shape index (κ3) is 4.71. The van der Waals surface area contributed by atoms with Crippen molar-refractivity contribution in [3.8, 4) is 0 Å². The van der Waals surface area contributed by atoms with Gasteiger partial charge in [0.2, 0.25) is 0 Å². The molecular formula is C15H25N3OS. The lowest BCUT2D eigenvalue weighted by Crippen LogP contribution is -2.38. The average Bonchev–Trinajstić information content (AvgIpc) is 2.42. The molecule has 4 nitrogen and oxygen atoms in total. The molecule has 1 rings (SSSR count). The second-order valence-corrected chi connectivity index (χ2v) is 6.05. The number of carbonyl (C=O) groups is 1. The quantitative estimate of drug-likeness (QED) is 0.839. The van der Waals surface area contributed by atoms with Gasteiger partial charge in [0.15, 0.2) is 0 Å². The van der Waals surface area contributed by atoms with E-state index in [0.717, 1.165) is 18.0 Å². The Hall–Kier alpha value is -1.23. The average molecular weight is 295 g/mol. The predicted octanol–water partition coefficient (Wildman–Crippen LogP) is 3.12. The van der Waals surface area contributed by atoms with Gasteiger partial charge >= 0.3 is 0 Å². The monoisotopic (exact) mass is 295 g/mol. The van der Waals surface area contributed by atoms with Crippen molar-refractivity contribution < 1.29 is 4.79 Å².